The molecule has 0 unspecified atom stereocenters. The molecule has 7 heteroatoms. The second-order valence-electron chi connectivity index (χ2n) is 9.69. The lowest BCUT2D eigenvalue weighted by molar-refractivity contribution is -0.146. The van der Waals surface area contributed by atoms with Crippen LogP contribution >= 0.6 is 0 Å². The van der Waals surface area contributed by atoms with Crippen LogP contribution in [0.2, 0.25) is 0 Å². The van der Waals surface area contributed by atoms with Crippen molar-refractivity contribution < 1.29 is 14.0 Å². The molecule has 3 rings (SSSR count). The summed E-state index contributed by atoms with van der Waals surface area (Å²) in [4.78, 5) is 34.7. The van der Waals surface area contributed by atoms with E-state index in [4.69, 9.17) is 4.42 Å². The van der Waals surface area contributed by atoms with Crippen molar-refractivity contribution in [3.8, 4) is 0 Å². The van der Waals surface area contributed by atoms with Crippen molar-refractivity contribution in [2.24, 2.45) is 18.9 Å². The second-order valence-corrected chi connectivity index (χ2v) is 9.69. The Morgan fingerprint density at radius 2 is 1.79 bits per heavy atom. The van der Waals surface area contributed by atoms with Gasteiger partial charge in [0.1, 0.15) is 11.6 Å². The molecule has 0 N–H and O–H groups in total. The van der Waals surface area contributed by atoms with Gasteiger partial charge < -0.3 is 18.8 Å². The number of nitrogens with zero attached hydrogens (tertiary/aromatic N) is 4. The highest BCUT2D eigenvalue weighted by Crippen LogP contribution is 2.21. The summed E-state index contributed by atoms with van der Waals surface area (Å²) in [5, 5.41) is 0.978. The van der Waals surface area contributed by atoms with Crippen LogP contribution in [-0.2, 0) is 29.6 Å². The van der Waals surface area contributed by atoms with Crippen LogP contribution in [0.3, 0.4) is 0 Å². The van der Waals surface area contributed by atoms with E-state index in [9.17, 15) is 9.59 Å². The number of furan rings is 1. The molecule has 0 radical (unpaired) electrons. The predicted octanol–water partition coefficient (Wildman–Crippen LogP) is 4.27. The average Bonchev–Trinajstić information content (AvgIpc) is 3.37. The maximum absolute atomic E-state index is 13.9. The molecule has 0 aliphatic carbocycles. The lowest BCUT2D eigenvalue weighted by Crippen LogP contribution is -2.52. The van der Waals surface area contributed by atoms with E-state index >= 15 is 0 Å². The van der Waals surface area contributed by atoms with E-state index in [-0.39, 0.29) is 11.8 Å². The Hall–Kier alpha value is -3.09. The first-order valence-electron chi connectivity index (χ1n) is 11.6. The topological polar surface area (TPSA) is 71.6 Å². The van der Waals surface area contributed by atoms with Gasteiger partial charge in [-0.25, -0.2) is 4.98 Å². The predicted molar refractivity (Wildman–Crippen MR) is 129 cm³/mol. The quantitative estimate of drug-likeness (QED) is 0.461. The number of carbonyl (C=O) groups is 2. The van der Waals surface area contributed by atoms with E-state index in [0.717, 1.165) is 22.2 Å². The minimum absolute atomic E-state index is 0.0156. The fraction of sp³-hybridized carbons (Fsp3) is 0.500. The number of carbonyl (C=O) groups excluding carboxylic acids is 2. The zero-order valence-electron chi connectivity index (χ0n) is 20.6. The lowest BCUT2D eigenvalue weighted by atomic mass is 10.0. The van der Waals surface area contributed by atoms with Gasteiger partial charge in [0.15, 0.2) is 0 Å². The van der Waals surface area contributed by atoms with E-state index in [1.165, 1.54) is 6.92 Å². The largest absolute Gasteiger partial charge is 0.464 e. The highest BCUT2D eigenvalue weighted by Gasteiger charge is 2.33. The van der Waals surface area contributed by atoms with Crippen molar-refractivity contribution in [3.63, 3.8) is 0 Å². The number of amides is 2. The summed E-state index contributed by atoms with van der Waals surface area (Å²) in [6.45, 7) is 11.6. The summed E-state index contributed by atoms with van der Waals surface area (Å²) in [5.41, 5.74) is 2.68. The van der Waals surface area contributed by atoms with Gasteiger partial charge in [-0.05, 0) is 35.6 Å². The fourth-order valence-electron chi connectivity index (χ4n) is 4.21. The molecule has 1 aromatic carbocycles. The van der Waals surface area contributed by atoms with E-state index in [0.29, 0.717) is 37.9 Å². The van der Waals surface area contributed by atoms with Gasteiger partial charge in [-0.1, -0.05) is 33.8 Å². The van der Waals surface area contributed by atoms with Crippen molar-refractivity contribution in [2.75, 3.05) is 13.1 Å². The summed E-state index contributed by atoms with van der Waals surface area (Å²) in [6, 6.07) is 7.16. The van der Waals surface area contributed by atoms with Crippen molar-refractivity contribution in [1.82, 2.24) is 19.4 Å². The summed E-state index contributed by atoms with van der Waals surface area (Å²) in [6.07, 6.45) is 5.56. The van der Waals surface area contributed by atoms with Crippen molar-refractivity contribution in [1.29, 1.82) is 0 Å². The first-order chi connectivity index (χ1) is 15.7. The monoisotopic (exact) mass is 452 g/mol. The molecule has 0 saturated heterocycles. The molecular weight excluding hydrogens is 416 g/mol. The molecule has 0 spiro atoms. The van der Waals surface area contributed by atoms with Crippen LogP contribution in [-0.4, -0.2) is 50.3 Å². The molecule has 33 heavy (non-hydrogen) atoms. The van der Waals surface area contributed by atoms with Gasteiger partial charge in [0.25, 0.3) is 0 Å². The van der Waals surface area contributed by atoms with Crippen molar-refractivity contribution >= 4 is 22.8 Å². The average molecular weight is 453 g/mol. The van der Waals surface area contributed by atoms with E-state index in [1.807, 2.05) is 40.8 Å². The Bertz CT molecular complexity index is 1070. The molecule has 0 aliphatic rings. The first-order valence-corrected chi connectivity index (χ1v) is 11.6. The number of imidazole rings is 1. The Kier molecular flexibility index (Phi) is 7.95. The zero-order chi connectivity index (χ0) is 24.1. The SMILES string of the molecule is CC(=O)N(Cc1ccc2occc2c1)[C@@H](Cc1cncn1C)C(=O)N(CC(C)C)CC(C)C. The van der Waals surface area contributed by atoms with Gasteiger partial charge in [-0.15, -0.1) is 0 Å². The molecule has 2 amide bonds. The lowest BCUT2D eigenvalue weighted by Gasteiger charge is -2.36. The fourth-order valence-corrected chi connectivity index (χ4v) is 4.21. The molecule has 0 aliphatic heterocycles. The van der Waals surface area contributed by atoms with E-state index in [1.54, 1.807) is 23.7 Å². The molecule has 0 saturated carbocycles. The Labute approximate surface area is 196 Å². The summed E-state index contributed by atoms with van der Waals surface area (Å²) in [7, 11) is 1.91. The van der Waals surface area contributed by atoms with E-state index < -0.39 is 6.04 Å². The Morgan fingerprint density at radius 1 is 1.09 bits per heavy atom. The van der Waals surface area contributed by atoms with Crippen LogP contribution in [0.25, 0.3) is 11.0 Å². The third-order valence-electron chi connectivity index (χ3n) is 5.74. The van der Waals surface area contributed by atoms with Crippen LogP contribution in [0.4, 0.5) is 0 Å². The number of fused-ring (bicyclic) bond motifs is 1. The number of rotatable bonds is 10. The molecule has 0 fully saturated rings. The van der Waals surface area contributed by atoms with Gasteiger partial charge in [-0.3, -0.25) is 9.59 Å². The molecule has 2 aromatic heterocycles. The van der Waals surface area contributed by atoms with E-state index in [2.05, 4.69) is 32.7 Å². The number of aromatic nitrogens is 2. The second kappa shape index (κ2) is 10.7. The summed E-state index contributed by atoms with van der Waals surface area (Å²) < 4.78 is 7.36. The minimum Gasteiger partial charge on any atom is -0.464 e. The zero-order valence-corrected chi connectivity index (χ0v) is 20.6. The summed E-state index contributed by atoms with van der Waals surface area (Å²) in [5.74, 6) is 0.522. The summed E-state index contributed by atoms with van der Waals surface area (Å²) >= 11 is 0. The van der Waals surface area contributed by atoms with Gasteiger partial charge in [0, 0.05) is 57.3 Å². The van der Waals surface area contributed by atoms with Crippen molar-refractivity contribution in [2.45, 2.75) is 53.6 Å². The Balaban J connectivity index is 1.97. The van der Waals surface area contributed by atoms with Gasteiger partial charge in [0.2, 0.25) is 11.8 Å². The molecule has 0 bridgehead atoms. The molecule has 1 atom stereocenters. The first kappa shape index (κ1) is 24.6. The third kappa shape index (κ3) is 6.24. The Morgan fingerprint density at radius 3 is 2.36 bits per heavy atom. The van der Waals surface area contributed by atoms with Crippen LogP contribution in [0.15, 0.2) is 47.5 Å². The van der Waals surface area contributed by atoms with Crippen LogP contribution in [0.1, 0.15) is 45.9 Å². The normalized spacial score (nSPS) is 12.5. The minimum atomic E-state index is -0.615. The van der Waals surface area contributed by atoms with Gasteiger partial charge >= 0.3 is 0 Å². The number of aryl methyl sites for hydroxylation is 1. The number of hydrogen-bond acceptors (Lipinski definition) is 4. The molecular formula is C26H36N4O3. The maximum Gasteiger partial charge on any atom is 0.245 e. The van der Waals surface area contributed by atoms with Crippen LogP contribution in [0, 0.1) is 11.8 Å². The molecule has 7 nitrogen and oxygen atoms in total. The van der Waals surface area contributed by atoms with Crippen molar-refractivity contribution in [3.05, 3.63) is 54.3 Å². The smallest absolute Gasteiger partial charge is 0.245 e. The van der Waals surface area contributed by atoms with Crippen LogP contribution < -0.4 is 0 Å². The highest BCUT2D eigenvalue weighted by molar-refractivity contribution is 5.87. The van der Waals surface area contributed by atoms with Gasteiger partial charge in [0.05, 0.1) is 12.6 Å². The number of benzene rings is 1. The number of hydrogen-bond donors (Lipinski definition) is 0. The van der Waals surface area contributed by atoms with Gasteiger partial charge in [-0.2, -0.15) is 0 Å². The molecule has 178 valence electrons. The maximum atomic E-state index is 13.9. The van der Waals surface area contributed by atoms with Crippen LogP contribution in [0.5, 0.6) is 0 Å². The highest BCUT2D eigenvalue weighted by atomic mass is 16.3. The molecule has 2 heterocycles. The molecule has 3 aromatic rings. The standard InChI is InChI=1S/C26H36N4O3/c1-18(2)14-29(15-19(3)4)26(32)24(12-23-13-27-17-28(23)6)30(20(5)31)16-21-7-8-25-22(11-21)9-10-33-25/h7-11,13,17-19,24H,12,14-16H2,1-6H3/t24-/m0/s1. The third-order valence-corrected chi connectivity index (χ3v) is 5.74.